The second-order valence-corrected chi connectivity index (χ2v) is 8.21. The van der Waals surface area contributed by atoms with Crippen molar-refractivity contribution >= 4 is 33.8 Å². The van der Waals surface area contributed by atoms with Crippen molar-refractivity contribution in [3.63, 3.8) is 0 Å². The van der Waals surface area contributed by atoms with Crippen LogP contribution in [0.25, 0.3) is 21.9 Å². The average Bonchev–Trinajstić information content (AvgIpc) is 2.92. The molecule has 160 valence electrons. The predicted molar refractivity (Wildman–Crippen MR) is 114 cm³/mol. The summed E-state index contributed by atoms with van der Waals surface area (Å²) >= 11 is 0. The predicted octanol–water partition coefficient (Wildman–Crippen LogP) is 4.01. The van der Waals surface area contributed by atoms with E-state index in [9.17, 15) is 19.5 Å². The molecule has 7 heteroatoms. The van der Waals surface area contributed by atoms with E-state index in [1.165, 1.54) is 0 Å². The minimum Gasteiger partial charge on any atom is -0.480 e. The number of aryl methyl sites for hydroxylation is 3. The van der Waals surface area contributed by atoms with Crippen molar-refractivity contribution in [3.8, 4) is 0 Å². The van der Waals surface area contributed by atoms with Crippen LogP contribution in [-0.4, -0.2) is 23.0 Å². The topological polar surface area (TPSA) is 110 Å². The van der Waals surface area contributed by atoms with Crippen LogP contribution in [0.15, 0.2) is 25.8 Å². The van der Waals surface area contributed by atoms with Crippen LogP contribution in [0.4, 0.5) is 0 Å². The van der Waals surface area contributed by atoms with Gasteiger partial charge in [0.1, 0.15) is 23.0 Å². The molecule has 0 radical (unpaired) electrons. The monoisotopic (exact) mass is 413 g/mol. The summed E-state index contributed by atoms with van der Waals surface area (Å²) in [6.45, 7) is 9.48. The number of hydrogen-bond donors (Lipinski definition) is 2. The van der Waals surface area contributed by atoms with Gasteiger partial charge in [-0.15, -0.1) is 0 Å². The number of furan rings is 1. The standard InChI is InChI=1S/C23H27NO6/c1-11(2)8-18(22(26)27)24-21(25)7-6-15-13(4)17-9-16-12(3)14(5)29-19(16)10-20(17)30-23(15)28/h9-11,18H,6-8H2,1-5H3,(H,24,25)(H,26,27). The molecule has 0 saturated carbocycles. The number of carbonyl (C=O) groups is 2. The molecule has 0 aliphatic carbocycles. The Bertz CT molecular complexity index is 1180. The van der Waals surface area contributed by atoms with Crippen molar-refractivity contribution in [1.29, 1.82) is 0 Å². The molecular formula is C23H27NO6. The normalized spacial score (nSPS) is 12.6. The first kappa shape index (κ1) is 21.6. The second kappa shape index (κ2) is 8.34. The minimum absolute atomic E-state index is 0.00503. The first-order valence-corrected chi connectivity index (χ1v) is 10.1. The smallest absolute Gasteiger partial charge is 0.339 e. The van der Waals surface area contributed by atoms with E-state index in [-0.39, 0.29) is 18.8 Å². The van der Waals surface area contributed by atoms with Gasteiger partial charge in [-0.1, -0.05) is 13.8 Å². The zero-order chi connectivity index (χ0) is 22.2. The summed E-state index contributed by atoms with van der Waals surface area (Å²) in [5.74, 6) is -0.522. The number of nitrogens with one attached hydrogen (secondary N) is 1. The molecule has 2 heterocycles. The Hall–Kier alpha value is -3.09. The third-order valence-corrected chi connectivity index (χ3v) is 5.53. The molecule has 3 rings (SSSR count). The van der Waals surface area contributed by atoms with E-state index in [1.807, 2.05) is 40.7 Å². The highest BCUT2D eigenvalue weighted by atomic mass is 16.4. The van der Waals surface area contributed by atoms with Gasteiger partial charge in [0.05, 0.1) is 0 Å². The Labute approximate surface area is 174 Å². The third kappa shape index (κ3) is 4.25. The van der Waals surface area contributed by atoms with Crippen LogP contribution in [0.3, 0.4) is 0 Å². The van der Waals surface area contributed by atoms with Gasteiger partial charge in [0, 0.05) is 28.8 Å². The summed E-state index contributed by atoms with van der Waals surface area (Å²) in [4.78, 5) is 36.2. The molecule has 0 spiro atoms. The molecule has 1 aromatic carbocycles. The molecule has 0 fully saturated rings. The van der Waals surface area contributed by atoms with E-state index < -0.39 is 23.5 Å². The van der Waals surface area contributed by atoms with Gasteiger partial charge in [-0.2, -0.15) is 0 Å². The molecule has 2 N–H and O–H groups in total. The zero-order valence-electron chi connectivity index (χ0n) is 17.9. The molecule has 1 unspecified atom stereocenters. The van der Waals surface area contributed by atoms with Gasteiger partial charge in [-0.3, -0.25) is 4.79 Å². The van der Waals surface area contributed by atoms with Gasteiger partial charge in [-0.05, 0) is 56.7 Å². The number of fused-ring (bicyclic) bond motifs is 2. The molecule has 7 nitrogen and oxygen atoms in total. The van der Waals surface area contributed by atoms with Crippen LogP contribution in [0.5, 0.6) is 0 Å². The van der Waals surface area contributed by atoms with Crippen molar-refractivity contribution in [2.24, 2.45) is 5.92 Å². The van der Waals surface area contributed by atoms with E-state index in [2.05, 4.69) is 5.32 Å². The van der Waals surface area contributed by atoms with E-state index in [1.54, 1.807) is 6.07 Å². The number of carboxylic acids is 1. The van der Waals surface area contributed by atoms with Crippen LogP contribution in [0.1, 0.15) is 49.1 Å². The molecule has 0 bridgehead atoms. The summed E-state index contributed by atoms with van der Waals surface area (Å²) in [6, 6.07) is 2.73. The quantitative estimate of drug-likeness (QED) is 0.566. The van der Waals surface area contributed by atoms with E-state index in [4.69, 9.17) is 8.83 Å². The second-order valence-electron chi connectivity index (χ2n) is 8.21. The van der Waals surface area contributed by atoms with Crippen LogP contribution < -0.4 is 10.9 Å². The Morgan fingerprint density at radius 2 is 1.67 bits per heavy atom. The van der Waals surface area contributed by atoms with E-state index >= 15 is 0 Å². The fourth-order valence-electron chi connectivity index (χ4n) is 3.71. The zero-order valence-corrected chi connectivity index (χ0v) is 17.9. The van der Waals surface area contributed by atoms with Crippen LogP contribution in [0, 0.1) is 26.7 Å². The van der Waals surface area contributed by atoms with E-state index in [0.29, 0.717) is 23.2 Å². The SMILES string of the molecule is Cc1oc2cc3oc(=O)c(CCC(=O)NC(CC(C)C)C(=O)O)c(C)c3cc2c1C. The maximum atomic E-state index is 12.5. The lowest BCUT2D eigenvalue weighted by Crippen LogP contribution is -2.41. The van der Waals surface area contributed by atoms with Gasteiger partial charge in [0.25, 0.3) is 0 Å². The molecule has 30 heavy (non-hydrogen) atoms. The number of amides is 1. The average molecular weight is 413 g/mol. The lowest BCUT2D eigenvalue weighted by Gasteiger charge is -2.16. The van der Waals surface area contributed by atoms with Gasteiger partial charge < -0.3 is 19.3 Å². The minimum atomic E-state index is -1.06. The van der Waals surface area contributed by atoms with Gasteiger partial charge in [0.15, 0.2) is 0 Å². The van der Waals surface area contributed by atoms with Crippen molar-refractivity contribution < 1.29 is 23.5 Å². The van der Waals surface area contributed by atoms with E-state index in [0.717, 1.165) is 27.7 Å². The molecule has 3 aromatic rings. The van der Waals surface area contributed by atoms with Gasteiger partial charge >= 0.3 is 11.6 Å². The summed E-state index contributed by atoms with van der Waals surface area (Å²) < 4.78 is 11.2. The molecule has 2 aromatic heterocycles. The molecule has 0 aliphatic heterocycles. The number of carboxylic acid groups (broad SMARTS) is 1. The summed E-state index contributed by atoms with van der Waals surface area (Å²) in [5, 5.41) is 13.6. The Morgan fingerprint density at radius 3 is 2.30 bits per heavy atom. The Balaban J connectivity index is 1.86. The highest BCUT2D eigenvalue weighted by Gasteiger charge is 2.22. The van der Waals surface area contributed by atoms with Crippen molar-refractivity contribution in [2.45, 2.75) is 59.9 Å². The Morgan fingerprint density at radius 1 is 1.03 bits per heavy atom. The first-order valence-electron chi connectivity index (χ1n) is 10.1. The molecule has 1 amide bonds. The van der Waals surface area contributed by atoms with Crippen LogP contribution in [0.2, 0.25) is 0 Å². The first-order chi connectivity index (χ1) is 14.1. The maximum absolute atomic E-state index is 12.5. The van der Waals surface area contributed by atoms with Crippen molar-refractivity contribution in [2.75, 3.05) is 0 Å². The molecular weight excluding hydrogens is 386 g/mol. The number of hydrogen-bond acceptors (Lipinski definition) is 5. The molecule has 0 saturated heterocycles. The summed E-state index contributed by atoms with van der Waals surface area (Å²) in [7, 11) is 0. The van der Waals surface area contributed by atoms with Crippen LogP contribution in [-0.2, 0) is 16.0 Å². The largest absolute Gasteiger partial charge is 0.480 e. The number of carbonyl (C=O) groups excluding carboxylic acids is 1. The van der Waals surface area contributed by atoms with Gasteiger partial charge in [-0.25, -0.2) is 9.59 Å². The fraction of sp³-hybridized carbons (Fsp3) is 0.435. The number of rotatable bonds is 7. The molecule has 1 atom stereocenters. The lowest BCUT2D eigenvalue weighted by atomic mass is 10.00. The third-order valence-electron chi connectivity index (χ3n) is 5.53. The van der Waals surface area contributed by atoms with Gasteiger partial charge in [0.2, 0.25) is 5.91 Å². The summed E-state index contributed by atoms with van der Waals surface area (Å²) in [6.07, 6.45) is 0.522. The van der Waals surface area contributed by atoms with Crippen LogP contribution >= 0.6 is 0 Å². The van der Waals surface area contributed by atoms with Crippen molar-refractivity contribution in [1.82, 2.24) is 5.32 Å². The molecule has 0 aliphatic rings. The summed E-state index contributed by atoms with van der Waals surface area (Å²) in [5.41, 5.74) is 2.82. The fourth-order valence-corrected chi connectivity index (χ4v) is 3.71. The lowest BCUT2D eigenvalue weighted by molar-refractivity contribution is -0.142. The highest BCUT2D eigenvalue weighted by Crippen LogP contribution is 2.31. The number of benzene rings is 1. The highest BCUT2D eigenvalue weighted by molar-refractivity contribution is 5.96. The number of aliphatic carboxylic acids is 1. The van der Waals surface area contributed by atoms with Crippen molar-refractivity contribution in [3.05, 3.63) is 45.0 Å². The maximum Gasteiger partial charge on any atom is 0.339 e. The Kier molecular flexibility index (Phi) is 6.01.